The minimum Gasteiger partial charge on any atom is -0.372 e. The first-order valence-electron chi connectivity index (χ1n) is 8.02. The normalized spacial score (nSPS) is 23.2. The largest absolute Gasteiger partial charge is 0.372 e. The molecular weight excluding hydrogens is 310 g/mol. The van der Waals surface area contributed by atoms with Crippen molar-refractivity contribution in [2.24, 2.45) is 0 Å². The molecule has 3 rings (SSSR count). The number of imidazole rings is 1. The van der Waals surface area contributed by atoms with Crippen molar-refractivity contribution >= 4 is 28.7 Å². The molecule has 1 aromatic heterocycles. The van der Waals surface area contributed by atoms with E-state index in [4.69, 9.17) is 4.74 Å². The first kappa shape index (κ1) is 16.3. The summed E-state index contributed by atoms with van der Waals surface area (Å²) in [5.41, 5.74) is 2.01. The van der Waals surface area contributed by atoms with Crippen LogP contribution in [0.2, 0.25) is 0 Å². The summed E-state index contributed by atoms with van der Waals surface area (Å²) >= 11 is 1.62. The highest BCUT2D eigenvalue weighted by Gasteiger charge is 2.26. The fraction of sp³-hybridized carbons (Fsp3) is 0.529. The molecule has 1 amide bonds. The number of amides is 1. The SMILES string of the molecule is CC1CN(C(=O)CSC(C)c2nc3ccccc3[nH]2)CC(C)O1. The van der Waals surface area contributed by atoms with Gasteiger partial charge >= 0.3 is 0 Å². The molecule has 0 bridgehead atoms. The highest BCUT2D eigenvalue weighted by Crippen LogP contribution is 2.28. The van der Waals surface area contributed by atoms with Crippen molar-refractivity contribution in [3.8, 4) is 0 Å². The third-order valence-electron chi connectivity index (χ3n) is 4.02. The van der Waals surface area contributed by atoms with Gasteiger partial charge in [-0.2, -0.15) is 0 Å². The summed E-state index contributed by atoms with van der Waals surface area (Å²) in [5, 5.41) is 0.155. The van der Waals surface area contributed by atoms with Gasteiger partial charge in [0.15, 0.2) is 0 Å². The Kier molecular flexibility index (Phi) is 4.92. The van der Waals surface area contributed by atoms with Gasteiger partial charge in [-0.05, 0) is 32.9 Å². The topological polar surface area (TPSA) is 58.2 Å². The molecule has 1 aromatic carbocycles. The lowest BCUT2D eigenvalue weighted by Crippen LogP contribution is -2.48. The monoisotopic (exact) mass is 333 g/mol. The number of thioether (sulfide) groups is 1. The van der Waals surface area contributed by atoms with Gasteiger partial charge in [0.25, 0.3) is 0 Å². The second-order valence-electron chi connectivity index (χ2n) is 6.15. The maximum Gasteiger partial charge on any atom is 0.232 e. The van der Waals surface area contributed by atoms with Crippen LogP contribution in [-0.2, 0) is 9.53 Å². The molecule has 1 saturated heterocycles. The number of benzene rings is 1. The van der Waals surface area contributed by atoms with Crippen LogP contribution >= 0.6 is 11.8 Å². The molecule has 0 spiro atoms. The van der Waals surface area contributed by atoms with E-state index in [0.29, 0.717) is 18.8 Å². The fourth-order valence-corrected chi connectivity index (χ4v) is 3.76. The lowest BCUT2D eigenvalue weighted by Gasteiger charge is -2.35. The van der Waals surface area contributed by atoms with E-state index in [1.807, 2.05) is 43.0 Å². The van der Waals surface area contributed by atoms with Crippen LogP contribution in [0.1, 0.15) is 31.8 Å². The molecule has 1 fully saturated rings. The molecule has 2 aromatic rings. The zero-order chi connectivity index (χ0) is 16.4. The van der Waals surface area contributed by atoms with E-state index in [-0.39, 0.29) is 23.4 Å². The number of fused-ring (bicyclic) bond motifs is 1. The highest BCUT2D eigenvalue weighted by atomic mass is 32.2. The number of aromatic amines is 1. The first-order chi connectivity index (χ1) is 11.0. The number of ether oxygens (including phenoxy) is 1. The van der Waals surface area contributed by atoms with Gasteiger partial charge in [0.05, 0.1) is 34.2 Å². The summed E-state index contributed by atoms with van der Waals surface area (Å²) in [5.74, 6) is 1.57. The Morgan fingerprint density at radius 2 is 2.09 bits per heavy atom. The second-order valence-corrected chi connectivity index (χ2v) is 7.48. The summed E-state index contributed by atoms with van der Waals surface area (Å²) in [4.78, 5) is 22.3. The average Bonchev–Trinajstić information content (AvgIpc) is 2.95. The number of aromatic nitrogens is 2. The smallest absolute Gasteiger partial charge is 0.232 e. The molecule has 3 atom stereocenters. The number of morpholine rings is 1. The van der Waals surface area contributed by atoms with Crippen LogP contribution in [-0.4, -0.2) is 51.8 Å². The molecule has 0 saturated carbocycles. The number of carbonyl (C=O) groups is 1. The number of rotatable bonds is 4. The minimum absolute atomic E-state index is 0.112. The maximum absolute atomic E-state index is 12.4. The summed E-state index contributed by atoms with van der Waals surface area (Å²) in [6.07, 6.45) is 0.223. The molecular formula is C17H23N3O2S. The van der Waals surface area contributed by atoms with Gasteiger partial charge in [-0.3, -0.25) is 4.79 Å². The predicted octanol–water partition coefficient (Wildman–Crippen LogP) is 2.99. The number of para-hydroxylation sites is 2. The Morgan fingerprint density at radius 3 is 2.78 bits per heavy atom. The summed E-state index contributed by atoms with van der Waals surface area (Å²) < 4.78 is 5.68. The van der Waals surface area contributed by atoms with E-state index in [1.165, 1.54) is 0 Å². The van der Waals surface area contributed by atoms with Gasteiger partial charge in [0.1, 0.15) is 5.82 Å². The molecule has 2 heterocycles. The number of H-pyrrole nitrogens is 1. The van der Waals surface area contributed by atoms with Gasteiger partial charge < -0.3 is 14.6 Å². The van der Waals surface area contributed by atoms with Crippen LogP contribution in [0.25, 0.3) is 11.0 Å². The Balaban J connectivity index is 1.57. The second kappa shape index (κ2) is 6.93. The third-order valence-corrected chi connectivity index (χ3v) is 5.16. The van der Waals surface area contributed by atoms with Crippen molar-refractivity contribution < 1.29 is 9.53 Å². The van der Waals surface area contributed by atoms with E-state index in [0.717, 1.165) is 16.9 Å². The van der Waals surface area contributed by atoms with E-state index < -0.39 is 0 Å². The number of nitrogens with one attached hydrogen (secondary N) is 1. The molecule has 6 heteroatoms. The van der Waals surface area contributed by atoms with Crippen molar-refractivity contribution in [2.45, 2.75) is 38.2 Å². The standard InChI is InChI=1S/C17H23N3O2S/c1-11-8-20(9-12(2)22-11)16(21)10-23-13(3)17-18-14-6-4-5-7-15(14)19-17/h4-7,11-13H,8-10H2,1-3H3,(H,18,19). The molecule has 3 unspecified atom stereocenters. The highest BCUT2D eigenvalue weighted by molar-refractivity contribution is 8.00. The third kappa shape index (κ3) is 3.87. The lowest BCUT2D eigenvalue weighted by molar-refractivity contribution is -0.140. The number of hydrogen-bond donors (Lipinski definition) is 1. The van der Waals surface area contributed by atoms with Crippen LogP contribution in [0.4, 0.5) is 0 Å². The van der Waals surface area contributed by atoms with Crippen molar-refractivity contribution in [1.82, 2.24) is 14.9 Å². The summed E-state index contributed by atoms with van der Waals surface area (Å²) in [6, 6.07) is 7.99. The average molecular weight is 333 g/mol. The quantitative estimate of drug-likeness (QED) is 0.934. The van der Waals surface area contributed by atoms with E-state index in [9.17, 15) is 4.79 Å². The Labute approximate surface area is 140 Å². The van der Waals surface area contributed by atoms with Gasteiger partial charge in [0.2, 0.25) is 5.91 Å². The van der Waals surface area contributed by atoms with Gasteiger partial charge in [0, 0.05) is 13.1 Å². The number of nitrogens with zero attached hydrogens (tertiary/aromatic N) is 2. The van der Waals surface area contributed by atoms with Crippen molar-refractivity contribution in [3.05, 3.63) is 30.1 Å². The summed E-state index contributed by atoms with van der Waals surface area (Å²) in [7, 11) is 0. The minimum atomic E-state index is 0.112. The molecule has 1 aliphatic rings. The molecule has 0 radical (unpaired) electrons. The van der Waals surface area contributed by atoms with Crippen LogP contribution in [0.5, 0.6) is 0 Å². The number of hydrogen-bond acceptors (Lipinski definition) is 4. The lowest BCUT2D eigenvalue weighted by atomic mass is 10.2. The number of carbonyl (C=O) groups excluding carboxylic acids is 1. The molecule has 23 heavy (non-hydrogen) atoms. The van der Waals surface area contributed by atoms with Crippen molar-refractivity contribution in [1.29, 1.82) is 0 Å². The van der Waals surface area contributed by atoms with E-state index in [2.05, 4.69) is 16.9 Å². The van der Waals surface area contributed by atoms with E-state index in [1.54, 1.807) is 11.8 Å². The van der Waals surface area contributed by atoms with Crippen molar-refractivity contribution in [3.63, 3.8) is 0 Å². The van der Waals surface area contributed by atoms with Crippen LogP contribution in [0.15, 0.2) is 24.3 Å². The van der Waals surface area contributed by atoms with Crippen molar-refractivity contribution in [2.75, 3.05) is 18.8 Å². The zero-order valence-electron chi connectivity index (χ0n) is 13.8. The van der Waals surface area contributed by atoms with Gasteiger partial charge in [-0.15, -0.1) is 11.8 Å². The molecule has 0 aliphatic carbocycles. The molecule has 124 valence electrons. The van der Waals surface area contributed by atoms with Crippen LogP contribution in [0, 0.1) is 0 Å². The fourth-order valence-electron chi connectivity index (χ4n) is 2.91. The molecule has 5 nitrogen and oxygen atoms in total. The Bertz CT molecular complexity index is 644. The van der Waals surface area contributed by atoms with Gasteiger partial charge in [-0.1, -0.05) is 12.1 Å². The first-order valence-corrected chi connectivity index (χ1v) is 9.07. The van der Waals surface area contributed by atoms with Crippen LogP contribution in [0.3, 0.4) is 0 Å². The summed E-state index contributed by atoms with van der Waals surface area (Å²) in [6.45, 7) is 7.48. The maximum atomic E-state index is 12.4. The van der Waals surface area contributed by atoms with Gasteiger partial charge in [-0.25, -0.2) is 4.98 Å². The van der Waals surface area contributed by atoms with Crippen LogP contribution < -0.4 is 0 Å². The Morgan fingerprint density at radius 1 is 1.39 bits per heavy atom. The zero-order valence-corrected chi connectivity index (χ0v) is 14.6. The molecule has 1 N–H and O–H groups in total. The predicted molar refractivity (Wildman–Crippen MR) is 93.6 cm³/mol. The molecule has 1 aliphatic heterocycles. The Hall–Kier alpha value is -1.53. The van der Waals surface area contributed by atoms with E-state index >= 15 is 0 Å².